The van der Waals surface area contributed by atoms with Gasteiger partial charge in [0.05, 0.1) is 6.07 Å². The topological polar surface area (TPSA) is 52.9 Å². The highest BCUT2D eigenvalue weighted by atomic mass is 35.5. The highest BCUT2D eigenvalue weighted by Crippen LogP contribution is 2.26. The molecule has 1 N–H and O–H groups in total. The summed E-state index contributed by atoms with van der Waals surface area (Å²) in [7, 11) is 0. The number of amides is 1. The second kappa shape index (κ2) is 6.95. The summed E-state index contributed by atoms with van der Waals surface area (Å²) in [6.07, 6.45) is 6.93. The summed E-state index contributed by atoms with van der Waals surface area (Å²) in [5.74, 6) is -0.209. The highest BCUT2D eigenvalue weighted by Gasteiger charge is 2.32. The maximum absolute atomic E-state index is 12.4. The second-order valence-electron chi connectivity index (χ2n) is 5.88. The number of rotatable bonds is 2. The van der Waals surface area contributed by atoms with Gasteiger partial charge in [-0.15, -0.1) is 0 Å². The van der Waals surface area contributed by atoms with E-state index in [0.717, 1.165) is 44.1 Å². The monoisotopic (exact) mass is 304 g/mol. The van der Waals surface area contributed by atoms with Gasteiger partial charge in [0.2, 0.25) is 0 Å². The molecule has 1 fully saturated rings. The summed E-state index contributed by atoms with van der Waals surface area (Å²) in [4.78, 5) is 12.4. The number of nitriles is 1. The Morgan fingerprint density at radius 2 is 1.86 bits per heavy atom. The molecule has 0 atom stereocenters. The van der Waals surface area contributed by atoms with E-state index in [2.05, 4.69) is 11.4 Å². The Hall–Kier alpha value is -1.53. The van der Waals surface area contributed by atoms with Crippen molar-refractivity contribution in [2.24, 2.45) is 0 Å². The first-order chi connectivity index (χ1) is 10.1. The van der Waals surface area contributed by atoms with Crippen LogP contribution in [0.4, 0.5) is 0 Å². The largest absolute Gasteiger partial charge is 0.334 e. The first kappa shape index (κ1) is 15.9. The lowest BCUT2D eigenvalue weighted by molar-refractivity contribution is 0.0907. The van der Waals surface area contributed by atoms with Gasteiger partial charge in [0.25, 0.3) is 5.91 Å². The van der Waals surface area contributed by atoms with Crippen LogP contribution in [0.3, 0.4) is 0 Å². The minimum atomic E-state index is -0.727. The number of halogens is 1. The van der Waals surface area contributed by atoms with Crippen molar-refractivity contribution in [3.63, 3.8) is 0 Å². The van der Waals surface area contributed by atoms with Crippen LogP contribution in [0.5, 0.6) is 0 Å². The molecule has 1 saturated carbocycles. The number of hydrogen-bond donors (Lipinski definition) is 1. The average molecular weight is 305 g/mol. The molecule has 4 heteroatoms. The van der Waals surface area contributed by atoms with Gasteiger partial charge in [-0.05, 0) is 37.5 Å². The van der Waals surface area contributed by atoms with Crippen molar-refractivity contribution in [3.8, 4) is 6.07 Å². The Morgan fingerprint density at radius 1 is 1.24 bits per heavy atom. The normalized spacial score (nSPS) is 18.1. The Balaban J connectivity index is 2.14. The third kappa shape index (κ3) is 3.98. The molecule has 0 unspecified atom stereocenters. The van der Waals surface area contributed by atoms with Crippen LogP contribution in [0.25, 0.3) is 0 Å². The zero-order chi connectivity index (χ0) is 15.3. The van der Waals surface area contributed by atoms with Crippen LogP contribution in [0, 0.1) is 18.3 Å². The molecule has 1 aliphatic rings. The third-order valence-electron chi connectivity index (χ3n) is 4.21. The molecule has 1 amide bonds. The van der Waals surface area contributed by atoms with E-state index < -0.39 is 5.54 Å². The molecule has 0 spiro atoms. The van der Waals surface area contributed by atoms with Crippen LogP contribution in [0.15, 0.2) is 18.2 Å². The zero-order valence-corrected chi connectivity index (χ0v) is 13.2. The summed E-state index contributed by atoms with van der Waals surface area (Å²) in [5, 5.41) is 13.1. The summed E-state index contributed by atoms with van der Waals surface area (Å²) in [6, 6.07) is 7.60. The molecular weight excluding hydrogens is 284 g/mol. The van der Waals surface area contributed by atoms with Gasteiger partial charge in [-0.2, -0.15) is 5.26 Å². The number of carbonyl (C=O) groups is 1. The lowest BCUT2D eigenvalue weighted by Gasteiger charge is -2.29. The molecule has 0 heterocycles. The molecule has 3 nitrogen and oxygen atoms in total. The zero-order valence-electron chi connectivity index (χ0n) is 12.4. The van der Waals surface area contributed by atoms with Crippen molar-refractivity contribution >= 4 is 17.5 Å². The molecule has 2 rings (SSSR count). The van der Waals surface area contributed by atoms with Crippen LogP contribution in [-0.4, -0.2) is 11.4 Å². The lowest BCUT2D eigenvalue weighted by Crippen LogP contribution is -2.47. The molecule has 0 aliphatic heterocycles. The molecule has 0 aromatic heterocycles. The SMILES string of the molecule is Cc1ccc(C(=O)NC2(C#N)CCCCCCC2)cc1Cl. The van der Waals surface area contributed by atoms with Crippen molar-refractivity contribution in [3.05, 3.63) is 34.3 Å². The van der Waals surface area contributed by atoms with E-state index in [0.29, 0.717) is 10.6 Å². The molecular formula is C17H21ClN2O. The Morgan fingerprint density at radius 3 is 2.43 bits per heavy atom. The lowest BCUT2D eigenvalue weighted by atomic mass is 9.85. The molecule has 1 aliphatic carbocycles. The van der Waals surface area contributed by atoms with Crippen molar-refractivity contribution < 1.29 is 4.79 Å². The fourth-order valence-corrected chi connectivity index (χ4v) is 2.98. The summed E-state index contributed by atoms with van der Waals surface area (Å²) in [5.41, 5.74) is 0.728. The van der Waals surface area contributed by atoms with E-state index in [-0.39, 0.29) is 5.91 Å². The molecule has 0 bridgehead atoms. The smallest absolute Gasteiger partial charge is 0.252 e. The predicted molar refractivity (Wildman–Crippen MR) is 84.3 cm³/mol. The first-order valence-corrected chi connectivity index (χ1v) is 7.94. The van der Waals surface area contributed by atoms with Crippen molar-refractivity contribution in [1.29, 1.82) is 5.26 Å². The minimum absolute atomic E-state index is 0.209. The van der Waals surface area contributed by atoms with Gasteiger partial charge >= 0.3 is 0 Å². The van der Waals surface area contributed by atoms with Gasteiger partial charge in [0.15, 0.2) is 0 Å². The van der Waals surface area contributed by atoms with Gasteiger partial charge in [-0.1, -0.05) is 49.8 Å². The van der Waals surface area contributed by atoms with Crippen LogP contribution in [-0.2, 0) is 0 Å². The molecule has 21 heavy (non-hydrogen) atoms. The van der Waals surface area contributed by atoms with E-state index in [4.69, 9.17) is 11.6 Å². The van der Waals surface area contributed by atoms with Gasteiger partial charge in [-0.3, -0.25) is 4.79 Å². The first-order valence-electron chi connectivity index (χ1n) is 7.56. The van der Waals surface area contributed by atoms with Crippen LogP contribution >= 0.6 is 11.6 Å². The number of hydrogen-bond acceptors (Lipinski definition) is 2. The Kier molecular flexibility index (Phi) is 5.25. The second-order valence-corrected chi connectivity index (χ2v) is 6.29. The van der Waals surface area contributed by atoms with E-state index in [9.17, 15) is 10.1 Å². The van der Waals surface area contributed by atoms with Gasteiger partial charge < -0.3 is 5.32 Å². The highest BCUT2D eigenvalue weighted by molar-refractivity contribution is 6.31. The fraction of sp³-hybridized carbons (Fsp3) is 0.529. The summed E-state index contributed by atoms with van der Waals surface area (Å²) >= 11 is 6.07. The van der Waals surface area contributed by atoms with E-state index in [1.165, 1.54) is 6.42 Å². The van der Waals surface area contributed by atoms with E-state index >= 15 is 0 Å². The maximum atomic E-state index is 12.4. The summed E-state index contributed by atoms with van der Waals surface area (Å²) < 4.78 is 0. The van der Waals surface area contributed by atoms with Crippen molar-refractivity contribution in [1.82, 2.24) is 5.32 Å². The van der Waals surface area contributed by atoms with E-state index in [1.54, 1.807) is 12.1 Å². The van der Waals surface area contributed by atoms with Crippen LogP contribution in [0.2, 0.25) is 5.02 Å². The predicted octanol–water partition coefficient (Wildman–Crippen LogP) is 4.38. The average Bonchev–Trinajstić information content (AvgIpc) is 2.45. The maximum Gasteiger partial charge on any atom is 0.252 e. The van der Waals surface area contributed by atoms with Crippen molar-refractivity contribution in [2.75, 3.05) is 0 Å². The number of nitrogens with zero attached hydrogens (tertiary/aromatic N) is 1. The Labute approximate surface area is 131 Å². The van der Waals surface area contributed by atoms with Gasteiger partial charge in [0.1, 0.15) is 5.54 Å². The molecule has 0 radical (unpaired) electrons. The van der Waals surface area contributed by atoms with E-state index in [1.807, 2.05) is 13.0 Å². The fourth-order valence-electron chi connectivity index (χ4n) is 2.80. The number of benzene rings is 1. The molecule has 0 saturated heterocycles. The third-order valence-corrected chi connectivity index (χ3v) is 4.62. The van der Waals surface area contributed by atoms with Gasteiger partial charge in [0, 0.05) is 10.6 Å². The number of nitrogens with one attached hydrogen (secondary N) is 1. The number of carbonyl (C=O) groups excluding carboxylic acids is 1. The quantitative estimate of drug-likeness (QED) is 0.881. The minimum Gasteiger partial charge on any atom is -0.334 e. The summed E-state index contributed by atoms with van der Waals surface area (Å²) in [6.45, 7) is 1.90. The molecule has 1 aromatic carbocycles. The molecule has 112 valence electrons. The van der Waals surface area contributed by atoms with Crippen LogP contribution < -0.4 is 5.32 Å². The molecule has 1 aromatic rings. The van der Waals surface area contributed by atoms with Crippen molar-refractivity contribution in [2.45, 2.75) is 57.4 Å². The number of aryl methyl sites for hydroxylation is 1. The van der Waals surface area contributed by atoms with Crippen LogP contribution in [0.1, 0.15) is 60.9 Å². The Bertz CT molecular complexity index is 554. The standard InChI is InChI=1S/C17H21ClN2O/c1-13-7-8-14(11-15(13)18)16(21)20-17(12-19)9-5-3-2-4-6-10-17/h7-8,11H,2-6,9-10H2,1H3,(H,20,21). The van der Waals surface area contributed by atoms with Gasteiger partial charge in [-0.25, -0.2) is 0 Å².